The van der Waals surface area contributed by atoms with Gasteiger partial charge in [0.25, 0.3) is 0 Å². The van der Waals surface area contributed by atoms with Gasteiger partial charge in [-0.2, -0.15) is 22.9 Å². The lowest BCUT2D eigenvalue weighted by Crippen LogP contribution is -2.04. The number of hydrogen-bond donors (Lipinski definition) is 2. The second-order valence-corrected chi connectivity index (χ2v) is 5.65. The normalized spacial score (nSPS) is 10.8. The van der Waals surface area contributed by atoms with Gasteiger partial charge < -0.3 is 10.1 Å². The van der Waals surface area contributed by atoms with Crippen LogP contribution in [0, 0.1) is 0 Å². The average Bonchev–Trinajstić information content (AvgIpc) is 2.59. The van der Waals surface area contributed by atoms with Crippen LogP contribution >= 0.6 is 12.6 Å². The summed E-state index contributed by atoms with van der Waals surface area (Å²) in [5.41, 5.74) is 2.21. The number of anilines is 1. The van der Waals surface area contributed by atoms with E-state index in [9.17, 15) is 4.79 Å². The van der Waals surface area contributed by atoms with Gasteiger partial charge in [0.1, 0.15) is 5.75 Å². The van der Waals surface area contributed by atoms with E-state index >= 15 is 0 Å². The number of carbonyl (C=O) groups is 1. The number of benzene rings is 2. The van der Waals surface area contributed by atoms with Gasteiger partial charge in [0.05, 0.1) is 18.0 Å². The molecule has 5 nitrogen and oxygen atoms in total. The van der Waals surface area contributed by atoms with E-state index in [1.165, 1.54) is 6.92 Å². The van der Waals surface area contributed by atoms with Crippen molar-refractivity contribution in [1.82, 2.24) is 0 Å². The smallest absolute Gasteiger partial charge is 0.221 e. The Labute approximate surface area is 147 Å². The molecular formula is C18H21N3O2S. The zero-order valence-corrected chi connectivity index (χ0v) is 14.5. The van der Waals surface area contributed by atoms with Crippen LogP contribution in [0.2, 0.25) is 0 Å². The van der Waals surface area contributed by atoms with E-state index in [0.29, 0.717) is 6.61 Å². The quantitative estimate of drug-likeness (QED) is 0.395. The van der Waals surface area contributed by atoms with Gasteiger partial charge in [-0.1, -0.05) is 0 Å². The van der Waals surface area contributed by atoms with E-state index in [1.807, 2.05) is 24.3 Å². The molecule has 0 fully saturated rings. The van der Waals surface area contributed by atoms with E-state index in [1.54, 1.807) is 24.3 Å². The second-order valence-electron chi connectivity index (χ2n) is 5.20. The molecule has 2 rings (SSSR count). The van der Waals surface area contributed by atoms with Crippen LogP contribution in [0.3, 0.4) is 0 Å². The Balaban J connectivity index is 1.88. The van der Waals surface area contributed by atoms with Crippen molar-refractivity contribution in [3.63, 3.8) is 0 Å². The molecule has 0 radical (unpaired) electrons. The highest BCUT2D eigenvalue weighted by molar-refractivity contribution is 7.80. The SMILES string of the molecule is CC(=O)Nc1ccc(N=Nc2ccc(OCCCCS)cc2)cc1. The zero-order chi connectivity index (χ0) is 17.2. The van der Waals surface area contributed by atoms with Crippen LogP contribution < -0.4 is 10.1 Å². The van der Waals surface area contributed by atoms with Gasteiger partial charge in [0.15, 0.2) is 0 Å². The number of ether oxygens (including phenoxy) is 1. The third-order valence-electron chi connectivity index (χ3n) is 3.13. The van der Waals surface area contributed by atoms with E-state index in [2.05, 4.69) is 28.2 Å². The maximum Gasteiger partial charge on any atom is 0.221 e. The van der Waals surface area contributed by atoms with E-state index in [4.69, 9.17) is 4.74 Å². The summed E-state index contributed by atoms with van der Waals surface area (Å²) < 4.78 is 5.63. The summed E-state index contributed by atoms with van der Waals surface area (Å²) in [7, 11) is 0. The van der Waals surface area contributed by atoms with Gasteiger partial charge in [0, 0.05) is 12.6 Å². The predicted octanol–water partition coefficient (Wildman–Crippen LogP) is 5.15. The summed E-state index contributed by atoms with van der Waals surface area (Å²) in [6.45, 7) is 2.17. The predicted molar refractivity (Wildman–Crippen MR) is 99.9 cm³/mol. The van der Waals surface area contributed by atoms with Crippen LogP contribution in [0.15, 0.2) is 58.8 Å². The molecule has 0 atom stereocenters. The maximum atomic E-state index is 11.0. The number of azo groups is 1. The molecule has 0 aliphatic carbocycles. The third kappa shape index (κ3) is 6.42. The number of amides is 1. The molecule has 1 N–H and O–H groups in total. The summed E-state index contributed by atoms with van der Waals surface area (Å²) in [6, 6.07) is 14.7. The van der Waals surface area contributed by atoms with Crippen LogP contribution in [0.5, 0.6) is 5.75 Å². The lowest BCUT2D eigenvalue weighted by atomic mass is 10.3. The first kappa shape index (κ1) is 18.0. The Morgan fingerprint density at radius 2 is 1.58 bits per heavy atom. The Kier molecular flexibility index (Phi) is 7.29. The Hall–Kier alpha value is -2.34. The average molecular weight is 343 g/mol. The monoisotopic (exact) mass is 343 g/mol. The van der Waals surface area contributed by atoms with Crippen molar-refractivity contribution in [2.45, 2.75) is 19.8 Å². The largest absolute Gasteiger partial charge is 0.494 e. The first-order valence-corrected chi connectivity index (χ1v) is 8.44. The minimum absolute atomic E-state index is 0.0997. The van der Waals surface area contributed by atoms with E-state index < -0.39 is 0 Å². The van der Waals surface area contributed by atoms with Crippen LogP contribution in [0.25, 0.3) is 0 Å². The summed E-state index contributed by atoms with van der Waals surface area (Å²) in [5, 5.41) is 11.1. The molecule has 6 heteroatoms. The van der Waals surface area contributed by atoms with Crippen LogP contribution in [0.4, 0.5) is 17.1 Å². The molecule has 0 saturated heterocycles. The van der Waals surface area contributed by atoms with Crippen molar-refractivity contribution in [3.05, 3.63) is 48.5 Å². The molecule has 2 aromatic carbocycles. The Morgan fingerprint density at radius 1 is 1.00 bits per heavy atom. The van der Waals surface area contributed by atoms with E-state index in [0.717, 1.165) is 41.4 Å². The van der Waals surface area contributed by atoms with Crippen molar-refractivity contribution in [3.8, 4) is 5.75 Å². The number of nitrogens with one attached hydrogen (secondary N) is 1. The van der Waals surface area contributed by atoms with Crippen molar-refractivity contribution < 1.29 is 9.53 Å². The standard InChI is InChI=1S/C18H21N3O2S/c1-14(22)19-15-4-6-16(7-5-15)20-21-17-8-10-18(11-9-17)23-12-2-3-13-24/h4-11,24H,2-3,12-13H2,1H3,(H,19,22). The van der Waals surface area contributed by atoms with Crippen molar-refractivity contribution in [2.24, 2.45) is 10.2 Å². The fraction of sp³-hybridized carbons (Fsp3) is 0.278. The molecule has 0 saturated carbocycles. The number of nitrogens with zero attached hydrogens (tertiary/aromatic N) is 2. The summed E-state index contributed by atoms with van der Waals surface area (Å²) >= 11 is 4.17. The fourth-order valence-electron chi connectivity index (χ4n) is 1.94. The zero-order valence-electron chi connectivity index (χ0n) is 13.6. The molecule has 2 aromatic rings. The first-order valence-electron chi connectivity index (χ1n) is 7.80. The lowest BCUT2D eigenvalue weighted by molar-refractivity contribution is -0.114. The lowest BCUT2D eigenvalue weighted by Gasteiger charge is -2.05. The van der Waals surface area contributed by atoms with Crippen molar-refractivity contribution in [2.75, 3.05) is 17.7 Å². The number of thiol groups is 1. The fourth-order valence-corrected chi connectivity index (χ4v) is 2.17. The molecule has 0 aromatic heterocycles. The van der Waals surface area contributed by atoms with Crippen molar-refractivity contribution >= 4 is 35.6 Å². The van der Waals surface area contributed by atoms with Gasteiger partial charge in [-0.3, -0.25) is 4.79 Å². The molecule has 0 unspecified atom stereocenters. The minimum atomic E-state index is -0.0997. The number of unbranched alkanes of at least 4 members (excludes halogenated alkanes) is 1. The molecule has 0 bridgehead atoms. The number of hydrogen-bond acceptors (Lipinski definition) is 5. The van der Waals surface area contributed by atoms with Gasteiger partial charge in [-0.05, 0) is 67.1 Å². The first-order chi connectivity index (χ1) is 11.7. The molecule has 0 aliphatic heterocycles. The minimum Gasteiger partial charge on any atom is -0.494 e. The van der Waals surface area contributed by atoms with E-state index in [-0.39, 0.29) is 5.91 Å². The van der Waals surface area contributed by atoms with Gasteiger partial charge in [-0.15, -0.1) is 0 Å². The molecule has 126 valence electrons. The number of carbonyl (C=O) groups excluding carboxylic acids is 1. The Bertz CT molecular complexity index is 670. The van der Waals surface area contributed by atoms with Crippen LogP contribution in [0.1, 0.15) is 19.8 Å². The molecule has 1 amide bonds. The second kappa shape index (κ2) is 9.72. The molecule has 0 spiro atoms. The van der Waals surface area contributed by atoms with Crippen LogP contribution in [-0.4, -0.2) is 18.3 Å². The maximum absolute atomic E-state index is 11.0. The van der Waals surface area contributed by atoms with Crippen molar-refractivity contribution in [1.29, 1.82) is 0 Å². The summed E-state index contributed by atoms with van der Waals surface area (Å²) in [4.78, 5) is 11.0. The molecular weight excluding hydrogens is 322 g/mol. The summed E-state index contributed by atoms with van der Waals surface area (Å²) in [6.07, 6.45) is 2.05. The number of rotatable bonds is 8. The van der Waals surface area contributed by atoms with Gasteiger partial charge in [-0.25, -0.2) is 0 Å². The van der Waals surface area contributed by atoms with Crippen LogP contribution in [-0.2, 0) is 4.79 Å². The molecule has 0 aliphatic rings. The van der Waals surface area contributed by atoms with Gasteiger partial charge in [0.2, 0.25) is 5.91 Å². The highest BCUT2D eigenvalue weighted by Gasteiger charge is 1.97. The third-order valence-corrected chi connectivity index (χ3v) is 3.44. The Morgan fingerprint density at radius 3 is 2.12 bits per heavy atom. The molecule has 24 heavy (non-hydrogen) atoms. The highest BCUT2D eigenvalue weighted by Crippen LogP contribution is 2.22. The highest BCUT2D eigenvalue weighted by atomic mass is 32.1. The van der Waals surface area contributed by atoms with Gasteiger partial charge >= 0.3 is 0 Å². The molecule has 0 heterocycles. The topological polar surface area (TPSA) is 63.0 Å². The summed E-state index contributed by atoms with van der Waals surface area (Å²) in [5.74, 6) is 1.61.